The second kappa shape index (κ2) is 2.11. The molecule has 0 amide bonds. The van der Waals surface area contributed by atoms with Crippen molar-refractivity contribution in [1.82, 2.24) is 5.43 Å². The minimum Gasteiger partial charge on any atom is -0.159 e. The van der Waals surface area contributed by atoms with E-state index in [1.165, 1.54) is 24.1 Å². The fourth-order valence-electron chi connectivity index (χ4n) is 1.30. The summed E-state index contributed by atoms with van der Waals surface area (Å²) < 4.78 is 0. The third kappa shape index (κ3) is 0.838. The quantitative estimate of drug-likeness (QED) is 0.550. The van der Waals surface area contributed by atoms with Crippen LogP contribution in [0.2, 0.25) is 0 Å². The van der Waals surface area contributed by atoms with Crippen LogP contribution >= 0.6 is 0 Å². The lowest BCUT2D eigenvalue weighted by atomic mass is 10.1. The van der Waals surface area contributed by atoms with Gasteiger partial charge in [-0.2, -0.15) is 10.5 Å². The van der Waals surface area contributed by atoms with E-state index in [4.69, 9.17) is 0 Å². The predicted molar refractivity (Wildman–Crippen MR) is 40.7 cm³/mol. The molecule has 1 aliphatic heterocycles. The van der Waals surface area contributed by atoms with Gasteiger partial charge in [0.05, 0.1) is 11.9 Å². The number of nitrogens with zero attached hydrogens (tertiary/aromatic N) is 2. The van der Waals surface area contributed by atoms with E-state index in [0.717, 1.165) is 12.3 Å². The molecule has 0 atom stereocenters. The van der Waals surface area contributed by atoms with Gasteiger partial charge in [0.1, 0.15) is 0 Å². The zero-order valence-electron chi connectivity index (χ0n) is 6.17. The summed E-state index contributed by atoms with van der Waals surface area (Å²) in [6, 6.07) is 0. The molecule has 0 aromatic heterocycles. The first-order valence-corrected chi connectivity index (χ1v) is 3.89. The van der Waals surface area contributed by atoms with Crippen LogP contribution in [0.5, 0.6) is 0 Å². The van der Waals surface area contributed by atoms with Gasteiger partial charge in [-0.3, -0.25) is 0 Å². The molecule has 0 spiro atoms. The van der Waals surface area contributed by atoms with Gasteiger partial charge < -0.3 is 0 Å². The summed E-state index contributed by atoms with van der Waals surface area (Å²) in [5, 5.41) is 4.05. The lowest BCUT2D eigenvalue weighted by molar-refractivity contribution is 0.958. The van der Waals surface area contributed by atoms with Crippen LogP contribution in [-0.4, -0.2) is 5.71 Å². The molecule has 0 aromatic rings. The zero-order valence-corrected chi connectivity index (χ0v) is 6.17. The SMILES string of the molecule is CCC1=N[N]C=C1C1CC1. The minimum absolute atomic E-state index is 0.810. The Morgan fingerprint density at radius 3 is 3.00 bits per heavy atom. The van der Waals surface area contributed by atoms with E-state index >= 15 is 0 Å². The van der Waals surface area contributed by atoms with Crippen molar-refractivity contribution in [2.45, 2.75) is 26.2 Å². The molecule has 0 N–H and O–H groups in total. The summed E-state index contributed by atoms with van der Waals surface area (Å²) in [6.07, 6.45) is 5.66. The van der Waals surface area contributed by atoms with Gasteiger partial charge in [-0.1, -0.05) is 6.92 Å². The molecule has 2 aliphatic rings. The van der Waals surface area contributed by atoms with E-state index in [-0.39, 0.29) is 0 Å². The zero-order chi connectivity index (χ0) is 6.97. The third-order valence-electron chi connectivity index (χ3n) is 2.06. The average molecular weight is 135 g/mol. The van der Waals surface area contributed by atoms with E-state index in [9.17, 15) is 0 Å². The van der Waals surface area contributed by atoms with Crippen LogP contribution in [0.25, 0.3) is 0 Å². The number of rotatable bonds is 2. The van der Waals surface area contributed by atoms with Crippen LogP contribution in [0.1, 0.15) is 26.2 Å². The summed E-state index contributed by atoms with van der Waals surface area (Å²) >= 11 is 0. The molecule has 53 valence electrons. The molecular weight excluding hydrogens is 124 g/mol. The molecule has 0 unspecified atom stereocenters. The third-order valence-corrected chi connectivity index (χ3v) is 2.06. The minimum atomic E-state index is 0.810. The van der Waals surface area contributed by atoms with Crippen LogP contribution in [0.15, 0.2) is 16.9 Å². The Kier molecular flexibility index (Phi) is 1.26. The van der Waals surface area contributed by atoms with Crippen LogP contribution in [0.4, 0.5) is 0 Å². The highest BCUT2D eigenvalue weighted by Crippen LogP contribution is 2.38. The second-order valence-corrected chi connectivity index (χ2v) is 2.87. The molecule has 2 nitrogen and oxygen atoms in total. The van der Waals surface area contributed by atoms with Gasteiger partial charge in [0.15, 0.2) is 0 Å². The lowest BCUT2D eigenvalue weighted by Crippen LogP contribution is -1.98. The molecule has 0 bridgehead atoms. The first-order valence-electron chi connectivity index (χ1n) is 3.89. The molecule has 10 heavy (non-hydrogen) atoms. The second-order valence-electron chi connectivity index (χ2n) is 2.87. The number of allylic oxidation sites excluding steroid dienone is 1. The lowest BCUT2D eigenvalue weighted by Gasteiger charge is -1.97. The van der Waals surface area contributed by atoms with Crippen molar-refractivity contribution in [3.63, 3.8) is 0 Å². The molecule has 1 aliphatic carbocycles. The van der Waals surface area contributed by atoms with Gasteiger partial charge in [0.2, 0.25) is 0 Å². The molecule has 1 saturated carbocycles. The fourth-order valence-corrected chi connectivity index (χ4v) is 1.30. The van der Waals surface area contributed by atoms with Gasteiger partial charge in [-0.05, 0) is 30.8 Å². The Hall–Kier alpha value is -0.790. The highest BCUT2D eigenvalue weighted by molar-refractivity contribution is 6.01. The number of hydrogen-bond donors (Lipinski definition) is 0. The Bertz CT molecular complexity index is 199. The van der Waals surface area contributed by atoms with Crippen LogP contribution in [0, 0.1) is 5.92 Å². The first kappa shape index (κ1) is 5.96. The van der Waals surface area contributed by atoms with E-state index in [1.807, 2.05) is 6.20 Å². The van der Waals surface area contributed by atoms with Gasteiger partial charge in [0.25, 0.3) is 0 Å². The summed E-state index contributed by atoms with van der Waals surface area (Å²) in [5.41, 5.74) is 6.52. The van der Waals surface area contributed by atoms with E-state index in [1.54, 1.807) is 0 Å². The van der Waals surface area contributed by atoms with Crippen molar-refractivity contribution in [2.75, 3.05) is 0 Å². The first-order chi connectivity index (χ1) is 4.92. The highest BCUT2D eigenvalue weighted by atomic mass is 15.3. The summed E-state index contributed by atoms with van der Waals surface area (Å²) in [4.78, 5) is 0. The molecule has 2 heteroatoms. The summed E-state index contributed by atoms with van der Waals surface area (Å²) in [5.74, 6) is 0.810. The van der Waals surface area contributed by atoms with E-state index in [2.05, 4.69) is 17.5 Å². The van der Waals surface area contributed by atoms with Crippen molar-refractivity contribution < 1.29 is 0 Å². The normalized spacial score (nSPS) is 23.7. The van der Waals surface area contributed by atoms with Gasteiger partial charge >= 0.3 is 0 Å². The molecule has 1 heterocycles. The van der Waals surface area contributed by atoms with Crippen molar-refractivity contribution >= 4 is 5.71 Å². The number of hydrogen-bond acceptors (Lipinski definition) is 1. The van der Waals surface area contributed by atoms with Crippen LogP contribution in [0.3, 0.4) is 0 Å². The Balaban J connectivity index is 2.12. The molecular formula is C8H11N2. The molecule has 1 fully saturated rings. The van der Waals surface area contributed by atoms with Gasteiger partial charge in [-0.25, -0.2) is 0 Å². The van der Waals surface area contributed by atoms with Crippen molar-refractivity contribution in [3.8, 4) is 0 Å². The summed E-state index contributed by atoms with van der Waals surface area (Å²) in [6.45, 7) is 2.13. The Morgan fingerprint density at radius 2 is 2.40 bits per heavy atom. The maximum Gasteiger partial charge on any atom is 0.0678 e. The van der Waals surface area contributed by atoms with Crippen LogP contribution < -0.4 is 5.43 Å². The molecule has 0 aromatic carbocycles. The van der Waals surface area contributed by atoms with Gasteiger partial charge in [-0.15, -0.1) is 0 Å². The standard InChI is InChI=1S/C8H11N2/c1-2-8-7(5-9-10-8)6-3-4-6/h5-6H,2-4H2,1H3. The summed E-state index contributed by atoms with van der Waals surface area (Å²) in [7, 11) is 0. The van der Waals surface area contributed by atoms with Crippen molar-refractivity contribution in [3.05, 3.63) is 11.8 Å². The maximum atomic E-state index is 4.05. The van der Waals surface area contributed by atoms with Gasteiger partial charge in [0, 0.05) is 0 Å². The average Bonchev–Trinajstić information content (AvgIpc) is 2.69. The molecule has 1 radical (unpaired) electrons. The Labute approximate surface area is 61.0 Å². The monoisotopic (exact) mass is 135 g/mol. The topological polar surface area (TPSA) is 26.5 Å². The molecule has 2 rings (SSSR count). The largest absolute Gasteiger partial charge is 0.159 e. The predicted octanol–water partition coefficient (Wildman–Crippen LogP) is 1.66. The maximum absolute atomic E-state index is 4.05. The molecule has 0 saturated heterocycles. The van der Waals surface area contributed by atoms with E-state index in [0.29, 0.717) is 0 Å². The fraction of sp³-hybridized carbons (Fsp3) is 0.625. The van der Waals surface area contributed by atoms with Crippen LogP contribution in [-0.2, 0) is 0 Å². The van der Waals surface area contributed by atoms with E-state index < -0.39 is 0 Å². The Morgan fingerprint density at radius 1 is 1.60 bits per heavy atom. The van der Waals surface area contributed by atoms with Crippen molar-refractivity contribution in [2.24, 2.45) is 11.0 Å². The smallest absolute Gasteiger partial charge is 0.0678 e. The van der Waals surface area contributed by atoms with Crippen molar-refractivity contribution in [1.29, 1.82) is 0 Å². The highest BCUT2D eigenvalue weighted by Gasteiger charge is 2.30.